The number of methoxy groups -OCH3 is 1. The highest BCUT2D eigenvalue weighted by molar-refractivity contribution is 5.95. The lowest BCUT2D eigenvalue weighted by Crippen LogP contribution is -2.40. The van der Waals surface area contributed by atoms with Crippen LogP contribution in [0.15, 0.2) is 18.2 Å². The molecule has 0 heterocycles. The molecule has 20 heavy (non-hydrogen) atoms. The molecule has 6 nitrogen and oxygen atoms in total. The smallest absolute Gasteiger partial charge is 0.305 e. The SMILES string of the molecule is COC1CCCC1NC(=O)c1ccc(F)c([N+](=O)[O-])c1. The molecule has 0 aromatic heterocycles. The molecule has 1 aliphatic carbocycles. The van der Waals surface area contributed by atoms with Crippen LogP contribution in [0.1, 0.15) is 29.6 Å². The fourth-order valence-corrected chi connectivity index (χ4v) is 2.42. The quantitative estimate of drug-likeness (QED) is 0.676. The van der Waals surface area contributed by atoms with Gasteiger partial charge in [0, 0.05) is 18.7 Å². The van der Waals surface area contributed by atoms with Crippen LogP contribution in [0.5, 0.6) is 0 Å². The summed E-state index contributed by atoms with van der Waals surface area (Å²) in [6.45, 7) is 0. The normalized spacial score (nSPS) is 21.7. The molecule has 0 bridgehead atoms. The zero-order valence-electron chi connectivity index (χ0n) is 11.0. The maximum atomic E-state index is 13.2. The van der Waals surface area contributed by atoms with Crippen LogP contribution < -0.4 is 5.32 Å². The summed E-state index contributed by atoms with van der Waals surface area (Å²) < 4.78 is 18.5. The van der Waals surface area contributed by atoms with Crippen LogP contribution in [0.3, 0.4) is 0 Å². The molecule has 2 rings (SSSR count). The Labute approximate surface area is 115 Å². The molecule has 7 heteroatoms. The van der Waals surface area contributed by atoms with Crippen LogP contribution >= 0.6 is 0 Å². The highest BCUT2D eigenvalue weighted by Crippen LogP contribution is 2.23. The van der Waals surface area contributed by atoms with Crippen molar-refractivity contribution in [1.29, 1.82) is 0 Å². The second kappa shape index (κ2) is 5.96. The molecule has 1 N–H and O–H groups in total. The van der Waals surface area contributed by atoms with Gasteiger partial charge in [-0.25, -0.2) is 0 Å². The molecule has 2 unspecified atom stereocenters. The lowest BCUT2D eigenvalue weighted by molar-refractivity contribution is -0.387. The van der Waals surface area contributed by atoms with Crippen molar-refractivity contribution in [1.82, 2.24) is 5.32 Å². The van der Waals surface area contributed by atoms with E-state index in [1.54, 1.807) is 7.11 Å². The number of nitrogens with zero attached hydrogens (tertiary/aromatic N) is 1. The molecule has 108 valence electrons. The average molecular weight is 282 g/mol. The van der Waals surface area contributed by atoms with Gasteiger partial charge >= 0.3 is 5.69 Å². The third-order valence-electron chi connectivity index (χ3n) is 3.48. The average Bonchev–Trinajstić information content (AvgIpc) is 2.86. The highest BCUT2D eigenvalue weighted by atomic mass is 19.1. The van der Waals surface area contributed by atoms with Gasteiger partial charge in [-0.1, -0.05) is 0 Å². The maximum Gasteiger partial charge on any atom is 0.305 e. The van der Waals surface area contributed by atoms with E-state index in [1.807, 2.05) is 0 Å². The minimum atomic E-state index is -0.956. The molecular formula is C13H15FN2O4. The lowest BCUT2D eigenvalue weighted by Gasteiger charge is -2.19. The van der Waals surface area contributed by atoms with E-state index < -0.39 is 22.3 Å². The monoisotopic (exact) mass is 282 g/mol. The summed E-state index contributed by atoms with van der Waals surface area (Å²) in [7, 11) is 1.58. The Morgan fingerprint density at radius 1 is 1.50 bits per heavy atom. The van der Waals surface area contributed by atoms with E-state index in [9.17, 15) is 19.3 Å². The number of carbonyl (C=O) groups excluding carboxylic acids is 1. The Bertz CT molecular complexity index is 535. The van der Waals surface area contributed by atoms with E-state index in [0.717, 1.165) is 31.4 Å². The van der Waals surface area contributed by atoms with Gasteiger partial charge < -0.3 is 10.1 Å². The zero-order chi connectivity index (χ0) is 14.7. The van der Waals surface area contributed by atoms with Crippen LogP contribution in [-0.4, -0.2) is 30.1 Å². The number of carbonyl (C=O) groups is 1. The van der Waals surface area contributed by atoms with E-state index in [2.05, 4.69) is 5.32 Å². The van der Waals surface area contributed by atoms with Crippen molar-refractivity contribution >= 4 is 11.6 Å². The predicted octanol–water partition coefficient (Wildman–Crippen LogP) is 2.03. The van der Waals surface area contributed by atoms with Gasteiger partial charge in [0.25, 0.3) is 5.91 Å². The standard InChI is InChI=1S/C13H15FN2O4/c1-20-12-4-2-3-10(12)15-13(17)8-5-6-9(14)11(7-8)16(18)19/h5-7,10,12H,2-4H2,1H3,(H,15,17). The molecule has 1 aromatic rings. The van der Waals surface area contributed by atoms with Crippen LogP contribution in [0.25, 0.3) is 0 Å². The van der Waals surface area contributed by atoms with E-state index in [4.69, 9.17) is 4.74 Å². The fraction of sp³-hybridized carbons (Fsp3) is 0.462. The number of hydrogen-bond donors (Lipinski definition) is 1. The highest BCUT2D eigenvalue weighted by Gasteiger charge is 2.29. The van der Waals surface area contributed by atoms with Crippen LogP contribution in [0.4, 0.5) is 10.1 Å². The van der Waals surface area contributed by atoms with Gasteiger partial charge in [0.2, 0.25) is 5.82 Å². The Morgan fingerprint density at radius 3 is 2.90 bits per heavy atom. The van der Waals surface area contributed by atoms with Crippen LogP contribution in [-0.2, 0) is 4.74 Å². The number of amides is 1. The number of nitro benzene ring substituents is 1. The van der Waals surface area contributed by atoms with Gasteiger partial charge in [-0.05, 0) is 31.4 Å². The van der Waals surface area contributed by atoms with Gasteiger partial charge in [-0.15, -0.1) is 0 Å². The fourth-order valence-electron chi connectivity index (χ4n) is 2.42. The molecule has 0 aliphatic heterocycles. The zero-order valence-corrected chi connectivity index (χ0v) is 11.0. The molecule has 1 aromatic carbocycles. The van der Waals surface area contributed by atoms with Crippen molar-refractivity contribution in [2.45, 2.75) is 31.4 Å². The number of nitrogens with one attached hydrogen (secondary N) is 1. The third kappa shape index (κ3) is 2.93. The summed E-state index contributed by atoms with van der Waals surface area (Å²) in [5, 5.41) is 13.4. The van der Waals surface area contributed by atoms with Gasteiger partial charge in [-0.3, -0.25) is 14.9 Å². The van der Waals surface area contributed by atoms with Crippen molar-refractivity contribution in [3.8, 4) is 0 Å². The summed E-state index contributed by atoms with van der Waals surface area (Å²) in [5.74, 6) is -1.41. The number of benzene rings is 1. The van der Waals surface area contributed by atoms with E-state index in [-0.39, 0.29) is 17.7 Å². The molecule has 0 spiro atoms. The number of nitro groups is 1. The first-order valence-corrected chi connectivity index (χ1v) is 6.30. The minimum Gasteiger partial charge on any atom is -0.379 e. The summed E-state index contributed by atoms with van der Waals surface area (Å²) in [6, 6.07) is 2.99. The third-order valence-corrected chi connectivity index (χ3v) is 3.48. The van der Waals surface area contributed by atoms with Crippen molar-refractivity contribution in [2.24, 2.45) is 0 Å². The first-order chi connectivity index (χ1) is 9.52. The first kappa shape index (κ1) is 14.4. The van der Waals surface area contributed by atoms with Crippen molar-refractivity contribution in [3.05, 3.63) is 39.7 Å². The van der Waals surface area contributed by atoms with Crippen molar-refractivity contribution in [3.63, 3.8) is 0 Å². The molecule has 0 saturated heterocycles. The van der Waals surface area contributed by atoms with Crippen molar-refractivity contribution < 1.29 is 18.8 Å². The van der Waals surface area contributed by atoms with Gasteiger partial charge in [-0.2, -0.15) is 4.39 Å². The Morgan fingerprint density at radius 2 is 2.25 bits per heavy atom. The van der Waals surface area contributed by atoms with E-state index >= 15 is 0 Å². The van der Waals surface area contributed by atoms with E-state index in [1.165, 1.54) is 6.07 Å². The Kier molecular flexibility index (Phi) is 4.29. The second-order valence-corrected chi connectivity index (χ2v) is 4.71. The predicted molar refractivity (Wildman–Crippen MR) is 69.0 cm³/mol. The number of halogens is 1. The molecule has 1 aliphatic rings. The van der Waals surface area contributed by atoms with Gasteiger partial charge in [0.05, 0.1) is 17.1 Å². The lowest BCUT2D eigenvalue weighted by atomic mass is 10.1. The maximum absolute atomic E-state index is 13.2. The molecule has 1 saturated carbocycles. The van der Waals surface area contributed by atoms with Crippen molar-refractivity contribution in [2.75, 3.05) is 7.11 Å². The first-order valence-electron chi connectivity index (χ1n) is 6.30. The Balaban J connectivity index is 2.13. The van der Waals surface area contributed by atoms with E-state index in [0.29, 0.717) is 0 Å². The molecule has 1 fully saturated rings. The minimum absolute atomic E-state index is 0.0469. The number of hydrogen-bond acceptors (Lipinski definition) is 4. The van der Waals surface area contributed by atoms with Crippen LogP contribution in [0, 0.1) is 15.9 Å². The number of ether oxygens (including phenoxy) is 1. The summed E-state index contributed by atoms with van der Waals surface area (Å²) in [4.78, 5) is 21.8. The molecule has 1 amide bonds. The summed E-state index contributed by atoms with van der Waals surface area (Å²) >= 11 is 0. The van der Waals surface area contributed by atoms with Gasteiger partial charge in [0.1, 0.15) is 0 Å². The summed E-state index contributed by atoms with van der Waals surface area (Å²) in [6.07, 6.45) is 2.57. The Hall–Kier alpha value is -2.02. The summed E-state index contributed by atoms with van der Waals surface area (Å²) in [5.41, 5.74) is -0.632. The molecule has 2 atom stereocenters. The molecular weight excluding hydrogens is 267 g/mol. The van der Waals surface area contributed by atoms with Crippen LogP contribution in [0.2, 0.25) is 0 Å². The van der Waals surface area contributed by atoms with Gasteiger partial charge in [0.15, 0.2) is 0 Å². The largest absolute Gasteiger partial charge is 0.379 e. The number of rotatable bonds is 4. The molecule has 0 radical (unpaired) electrons. The second-order valence-electron chi connectivity index (χ2n) is 4.71. The topological polar surface area (TPSA) is 81.5 Å².